The molecule has 3 nitrogen and oxygen atoms in total. The first-order chi connectivity index (χ1) is 11.2. The summed E-state index contributed by atoms with van der Waals surface area (Å²) in [6, 6.07) is 8.35. The number of carbonyl (C=O) groups is 1. The fraction of sp³-hybridized carbons (Fsp3) is 0.368. The SMILES string of the molecule is COC(=O)c1ccncc1CC[C@@H]1CCCc2cc(Br)ccc21. The zero-order chi connectivity index (χ0) is 16.2. The van der Waals surface area contributed by atoms with E-state index in [1.807, 2.05) is 0 Å². The number of halogens is 1. The molecule has 0 amide bonds. The molecule has 1 atom stereocenters. The number of ether oxygens (including phenoxy) is 1. The third-order valence-electron chi connectivity index (χ3n) is 4.61. The molecule has 1 aromatic carbocycles. The van der Waals surface area contributed by atoms with Crippen molar-refractivity contribution in [3.8, 4) is 0 Å². The zero-order valence-electron chi connectivity index (χ0n) is 13.2. The molecular weight excluding hydrogens is 354 g/mol. The van der Waals surface area contributed by atoms with Gasteiger partial charge in [-0.05, 0) is 72.9 Å². The van der Waals surface area contributed by atoms with Crippen molar-refractivity contribution in [1.82, 2.24) is 4.98 Å². The minimum absolute atomic E-state index is 0.282. The number of rotatable bonds is 4. The molecule has 4 heteroatoms. The van der Waals surface area contributed by atoms with Gasteiger partial charge in [0.05, 0.1) is 12.7 Å². The summed E-state index contributed by atoms with van der Waals surface area (Å²) in [5, 5.41) is 0. The Morgan fingerprint density at radius 3 is 3.09 bits per heavy atom. The third kappa shape index (κ3) is 3.63. The second-order valence-electron chi connectivity index (χ2n) is 6.00. The Morgan fingerprint density at radius 2 is 2.26 bits per heavy atom. The lowest BCUT2D eigenvalue weighted by atomic mass is 9.80. The van der Waals surface area contributed by atoms with Crippen molar-refractivity contribution < 1.29 is 9.53 Å². The molecule has 0 radical (unpaired) electrons. The number of carbonyl (C=O) groups excluding carboxylic acids is 1. The van der Waals surface area contributed by atoms with Gasteiger partial charge in [0.2, 0.25) is 0 Å². The average molecular weight is 374 g/mol. The Labute approximate surface area is 145 Å². The smallest absolute Gasteiger partial charge is 0.338 e. The van der Waals surface area contributed by atoms with E-state index >= 15 is 0 Å². The van der Waals surface area contributed by atoms with Crippen LogP contribution in [0.3, 0.4) is 0 Å². The Kier molecular flexibility index (Phi) is 5.11. The molecule has 2 aromatic rings. The van der Waals surface area contributed by atoms with Crippen LogP contribution in [0.5, 0.6) is 0 Å². The van der Waals surface area contributed by atoms with Crippen LogP contribution in [-0.4, -0.2) is 18.1 Å². The largest absolute Gasteiger partial charge is 0.465 e. The van der Waals surface area contributed by atoms with Crippen LogP contribution in [0.1, 0.15) is 52.2 Å². The summed E-state index contributed by atoms with van der Waals surface area (Å²) in [6.07, 6.45) is 8.91. The number of benzene rings is 1. The number of hydrogen-bond acceptors (Lipinski definition) is 3. The number of aromatic nitrogens is 1. The number of hydrogen-bond donors (Lipinski definition) is 0. The molecule has 120 valence electrons. The van der Waals surface area contributed by atoms with E-state index in [-0.39, 0.29) is 5.97 Å². The molecular formula is C19H20BrNO2. The minimum Gasteiger partial charge on any atom is -0.465 e. The minimum atomic E-state index is -0.282. The number of esters is 1. The van der Waals surface area contributed by atoms with Gasteiger partial charge in [-0.2, -0.15) is 0 Å². The van der Waals surface area contributed by atoms with E-state index in [0.717, 1.165) is 29.3 Å². The molecule has 0 spiro atoms. The third-order valence-corrected chi connectivity index (χ3v) is 5.11. The first-order valence-corrected chi connectivity index (χ1v) is 8.78. The molecule has 1 heterocycles. The maximum atomic E-state index is 11.9. The van der Waals surface area contributed by atoms with Crippen LogP contribution in [0.2, 0.25) is 0 Å². The maximum Gasteiger partial charge on any atom is 0.338 e. The molecule has 0 unspecified atom stereocenters. The molecule has 0 saturated heterocycles. The second kappa shape index (κ2) is 7.26. The Bertz CT molecular complexity index is 714. The fourth-order valence-electron chi connectivity index (χ4n) is 3.45. The Balaban J connectivity index is 1.77. The van der Waals surface area contributed by atoms with Crippen LogP contribution < -0.4 is 0 Å². The molecule has 3 rings (SSSR count). The highest BCUT2D eigenvalue weighted by atomic mass is 79.9. The van der Waals surface area contributed by atoms with Crippen molar-refractivity contribution >= 4 is 21.9 Å². The van der Waals surface area contributed by atoms with E-state index in [1.54, 1.807) is 18.5 Å². The molecule has 0 aliphatic heterocycles. The van der Waals surface area contributed by atoms with Crippen molar-refractivity contribution in [2.75, 3.05) is 7.11 Å². The number of fused-ring (bicyclic) bond motifs is 1. The lowest BCUT2D eigenvalue weighted by Crippen LogP contribution is -2.12. The standard InChI is InChI=1S/C19H20BrNO2/c1-23-19(22)18-9-10-21-12-15(18)6-5-13-3-2-4-14-11-16(20)7-8-17(13)14/h7-13H,2-6H2,1H3/t13-/m0/s1. The van der Waals surface area contributed by atoms with Crippen LogP contribution in [0.25, 0.3) is 0 Å². The van der Waals surface area contributed by atoms with Gasteiger partial charge in [0, 0.05) is 16.9 Å². The number of methoxy groups -OCH3 is 1. The average Bonchev–Trinajstić information content (AvgIpc) is 2.59. The summed E-state index contributed by atoms with van der Waals surface area (Å²) in [5.74, 6) is 0.271. The first kappa shape index (κ1) is 16.2. The van der Waals surface area contributed by atoms with E-state index in [4.69, 9.17) is 4.74 Å². The van der Waals surface area contributed by atoms with Crippen molar-refractivity contribution in [2.24, 2.45) is 0 Å². The van der Waals surface area contributed by atoms with Gasteiger partial charge < -0.3 is 4.74 Å². The van der Waals surface area contributed by atoms with Gasteiger partial charge in [0.1, 0.15) is 0 Å². The topological polar surface area (TPSA) is 39.2 Å². The highest BCUT2D eigenvalue weighted by Crippen LogP contribution is 2.36. The van der Waals surface area contributed by atoms with Crippen LogP contribution in [0.4, 0.5) is 0 Å². The lowest BCUT2D eigenvalue weighted by molar-refractivity contribution is 0.0599. The van der Waals surface area contributed by atoms with Crippen molar-refractivity contribution in [1.29, 1.82) is 0 Å². The molecule has 0 N–H and O–H groups in total. The van der Waals surface area contributed by atoms with Crippen molar-refractivity contribution in [3.05, 3.63) is 63.4 Å². The monoisotopic (exact) mass is 373 g/mol. The van der Waals surface area contributed by atoms with E-state index in [2.05, 4.69) is 39.1 Å². The normalized spacial score (nSPS) is 16.7. The van der Waals surface area contributed by atoms with Gasteiger partial charge in [-0.1, -0.05) is 22.0 Å². The number of pyridine rings is 1. The van der Waals surface area contributed by atoms with Crippen molar-refractivity contribution in [2.45, 2.75) is 38.0 Å². The summed E-state index contributed by atoms with van der Waals surface area (Å²) >= 11 is 3.56. The Morgan fingerprint density at radius 1 is 1.39 bits per heavy atom. The zero-order valence-corrected chi connectivity index (χ0v) is 14.8. The summed E-state index contributed by atoms with van der Waals surface area (Å²) < 4.78 is 6.02. The molecule has 0 fully saturated rings. The van der Waals surface area contributed by atoms with E-state index in [0.29, 0.717) is 11.5 Å². The van der Waals surface area contributed by atoms with E-state index in [1.165, 1.54) is 31.1 Å². The molecule has 0 bridgehead atoms. The summed E-state index contributed by atoms with van der Waals surface area (Å²) in [6.45, 7) is 0. The summed E-state index contributed by atoms with van der Waals surface area (Å²) in [4.78, 5) is 16.0. The molecule has 1 aliphatic carbocycles. The van der Waals surface area contributed by atoms with Gasteiger partial charge in [-0.25, -0.2) is 4.79 Å². The highest BCUT2D eigenvalue weighted by molar-refractivity contribution is 9.10. The van der Waals surface area contributed by atoms with Crippen LogP contribution in [0, 0.1) is 0 Å². The van der Waals surface area contributed by atoms with E-state index < -0.39 is 0 Å². The molecule has 1 aromatic heterocycles. The fourth-order valence-corrected chi connectivity index (χ4v) is 3.86. The lowest BCUT2D eigenvalue weighted by Gasteiger charge is -2.26. The van der Waals surface area contributed by atoms with E-state index in [9.17, 15) is 4.79 Å². The van der Waals surface area contributed by atoms with Crippen LogP contribution >= 0.6 is 15.9 Å². The highest BCUT2D eigenvalue weighted by Gasteiger charge is 2.21. The maximum absolute atomic E-state index is 11.9. The summed E-state index contributed by atoms with van der Waals surface area (Å²) in [7, 11) is 1.42. The Hall–Kier alpha value is -1.68. The van der Waals surface area contributed by atoms with Gasteiger partial charge in [0.15, 0.2) is 0 Å². The number of aryl methyl sites for hydroxylation is 2. The van der Waals surface area contributed by atoms with Gasteiger partial charge in [-0.15, -0.1) is 0 Å². The van der Waals surface area contributed by atoms with Gasteiger partial charge >= 0.3 is 5.97 Å². The quantitative estimate of drug-likeness (QED) is 0.730. The summed E-state index contributed by atoms with van der Waals surface area (Å²) in [5.41, 5.74) is 4.52. The molecule has 0 saturated carbocycles. The predicted octanol–water partition coefficient (Wildman–Crippen LogP) is 4.68. The van der Waals surface area contributed by atoms with Crippen LogP contribution in [-0.2, 0) is 17.6 Å². The van der Waals surface area contributed by atoms with Gasteiger partial charge in [0.25, 0.3) is 0 Å². The van der Waals surface area contributed by atoms with Crippen molar-refractivity contribution in [3.63, 3.8) is 0 Å². The first-order valence-electron chi connectivity index (χ1n) is 7.98. The van der Waals surface area contributed by atoms with Gasteiger partial charge in [-0.3, -0.25) is 4.98 Å². The second-order valence-corrected chi connectivity index (χ2v) is 6.91. The predicted molar refractivity (Wildman–Crippen MR) is 93.7 cm³/mol. The molecule has 1 aliphatic rings. The number of nitrogens with zero attached hydrogens (tertiary/aromatic N) is 1. The molecule has 23 heavy (non-hydrogen) atoms. The van der Waals surface area contributed by atoms with Crippen LogP contribution in [0.15, 0.2) is 41.1 Å².